The number of aliphatic carboxylic acids is 2. The summed E-state index contributed by atoms with van der Waals surface area (Å²) in [7, 11) is 0. The Morgan fingerprint density at radius 2 is 1.30 bits per heavy atom. The van der Waals surface area contributed by atoms with Crippen molar-refractivity contribution < 1.29 is 33.7 Å². The standard InChI is InChI=1S/C19H21FN2O2.C2H2O4/c20-17-4-1-15(2-5-17)12-21-7-9-22(10-8-21)13-16-3-6-18-19(11-16)24-14-23-18;3-1(4)2(5)6/h1-6,11H,7-10,12-14H2;(H,3,4)(H,5,6). The van der Waals surface area contributed by atoms with Gasteiger partial charge in [-0.1, -0.05) is 18.2 Å². The van der Waals surface area contributed by atoms with Crippen LogP contribution in [0.25, 0.3) is 0 Å². The first-order valence-corrected chi connectivity index (χ1v) is 9.44. The molecule has 0 amide bonds. The van der Waals surface area contributed by atoms with Gasteiger partial charge in [0.25, 0.3) is 0 Å². The van der Waals surface area contributed by atoms with Crippen LogP contribution < -0.4 is 9.47 Å². The molecule has 2 N–H and O–H groups in total. The van der Waals surface area contributed by atoms with Gasteiger partial charge in [-0.2, -0.15) is 0 Å². The summed E-state index contributed by atoms with van der Waals surface area (Å²) in [6.45, 7) is 6.27. The summed E-state index contributed by atoms with van der Waals surface area (Å²) < 4.78 is 23.8. The van der Waals surface area contributed by atoms with E-state index in [9.17, 15) is 4.39 Å². The molecule has 2 aliphatic heterocycles. The van der Waals surface area contributed by atoms with Gasteiger partial charge in [0.15, 0.2) is 11.5 Å². The minimum absolute atomic E-state index is 0.174. The largest absolute Gasteiger partial charge is 0.473 e. The highest BCUT2D eigenvalue weighted by Gasteiger charge is 2.19. The van der Waals surface area contributed by atoms with Gasteiger partial charge in [0.2, 0.25) is 6.79 Å². The number of halogens is 1. The van der Waals surface area contributed by atoms with E-state index >= 15 is 0 Å². The van der Waals surface area contributed by atoms with Gasteiger partial charge in [0, 0.05) is 39.3 Å². The average Bonchev–Trinajstić information content (AvgIpc) is 3.19. The fourth-order valence-corrected chi connectivity index (χ4v) is 3.25. The predicted molar refractivity (Wildman–Crippen MR) is 105 cm³/mol. The van der Waals surface area contributed by atoms with Crippen LogP contribution in [0.4, 0.5) is 4.39 Å². The van der Waals surface area contributed by atoms with Gasteiger partial charge in [-0.15, -0.1) is 0 Å². The molecule has 1 fully saturated rings. The first kappa shape index (κ1) is 21.5. The van der Waals surface area contributed by atoms with Crippen molar-refractivity contribution >= 4 is 11.9 Å². The van der Waals surface area contributed by atoms with E-state index in [-0.39, 0.29) is 5.82 Å². The molecule has 30 heavy (non-hydrogen) atoms. The van der Waals surface area contributed by atoms with E-state index in [4.69, 9.17) is 29.3 Å². The number of ether oxygens (including phenoxy) is 2. The Bertz CT molecular complexity index is 870. The Hall–Kier alpha value is -3.17. The molecular weight excluding hydrogens is 395 g/mol. The summed E-state index contributed by atoms with van der Waals surface area (Å²) in [6.07, 6.45) is 0. The lowest BCUT2D eigenvalue weighted by Crippen LogP contribution is -2.45. The summed E-state index contributed by atoms with van der Waals surface area (Å²) in [4.78, 5) is 23.1. The number of piperazine rings is 1. The molecule has 4 rings (SSSR count). The van der Waals surface area contributed by atoms with Crippen LogP contribution in [0.5, 0.6) is 11.5 Å². The second-order valence-corrected chi connectivity index (χ2v) is 6.98. The second kappa shape index (κ2) is 10.0. The van der Waals surface area contributed by atoms with E-state index < -0.39 is 11.9 Å². The van der Waals surface area contributed by atoms with Crippen LogP contribution in [0.15, 0.2) is 42.5 Å². The third-order valence-electron chi connectivity index (χ3n) is 4.81. The number of carbonyl (C=O) groups is 2. The maximum Gasteiger partial charge on any atom is 0.414 e. The number of carboxylic acid groups (broad SMARTS) is 2. The number of rotatable bonds is 4. The molecule has 9 heteroatoms. The molecule has 8 nitrogen and oxygen atoms in total. The number of fused-ring (bicyclic) bond motifs is 1. The molecule has 0 saturated carbocycles. The van der Waals surface area contributed by atoms with Crippen molar-refractivity contribution in [2.24, 2.45) is 0 Å². The van der Waals surface area contributed by atoms with E-state index in [1.165, 1.54) is 23.3 Å². The lowest BCUT2D eigenvalue weighted by Gasteiger charge is -2.34. The summed E-state index contributed by atoms with van der Waals surface area (Å²) in [5, 5.41) is 14.8. The molecule has 0 aliphatic carbocycles. The highest BCUT2D eigenvalue weighted by molar-refractivity contribution is 6.27. The van der Waals surface area contributed by atoms with Gasteiger partial charge in [0.1, 0.15) is 5.82 Å². The van der Waals surface area contributed by atoms with Crippen molar-refractivity contribution in [2.45, 2.75) is 13.1 Å². The average molecular weight is 418 g/mol. The van der Waals surface area contributed by atoms with Gasteiger partial charge in [-0.3, -0.25) is 9.80 Å². The number of nitrogens with zero attached hydrogens (tertiary/aromatic N) is 2. The number of carboxylic acids is 2. The molecule has 2 aromatic carbocycles. The minimum atomic E-state index is -1.82. The molecule has 0 unspecified atom stereocenters. The molecule has 1 saturated heterocycles. The van der Waals surface area contributed by atoms with Crippen LogP contribution in [0.3, 0.4) is 0 Å². The first-order chi connectivity index (χ1) is 14.4. The second-order valence-electron chi connectivity index (χ2n) is 6.98. The van der Waals surface area contributed by atoms with Gasteiger partial charge in [-0.05, 0) is 35.4 Å². The zero-order chi connectivity index (χ0) is 21.5. The number of hydrogen-bond donors (Lipinski definition) is 2. The van der Waals surface area contributed by atoms with E-state index in [0.717, 1.165) is 50.8 Å². The zero-order valence-electron chi connectivity index (χ0n) is 16.3. The van der Waals surface area contributed by atoms with E-state index in [1.54, 1.807) is 0 Å². The van der Waals surface area contributed by atoms with E-state index in [2.05, 4.69) is 21.9 Å². The van der Waals surface area contributed by atoms with Crippen molar-refractivity contribution in [2.75, 3.05) is 33.0 Å². The molecular formula is C21H23FN2O6. The maximum absolute atomic E-state index is 13.0. The minimum Gasteiger partial charge on any atom is -0.473 e. The van der Waals surface area contributed by atoms with Crippen LogP contribution >= 0.6 is 0 Å². The van der Waals surface area contributed by atoms with Gasteiger partial charge in [0.05, 0.1) is 0 Å². The SMILES string of the molecule is Fc1ccc(CN2CCN(Cc3ccc4c(c3)OCO4)CC2)cc1.O=C(O)C(=O)O. The quantitative estimate of drug-likeness (QED) is 0.728. The fourth-order valence-electron chi connectivity index (χ4n) is 3.25. The molecule has 160 valence electrons. The number of hydrogen-bond acceptors (Lipinski definition) is 6. The van der Waals surface area contributed by atoms with Gasteiger partial charge < -0.3 is 19.7 Å². The topological polar surface area (TPSA) is 99.5 Å². The van der Waals surface area contributed by atoms with Gasteiger partial charge in [-0.25, -0.2) is 14.0 Å². The summed E-state index contributed by atoms with van der Waals surface area (Å²) in [5.74, 6) is -2.14. The summed E-state index contributed by atoms with van der Waals surface area (Å²) in [5.41, 5.74) is 2.42. The molecule has 0 atom stereocenters. The van der Waals surface area contributed by atoms with E-state index in [1.807, 2.05) is 18.2 Å². The highest BCUT2D eigenvalue weighted by Crippen LogP contribution is 2.32. The highest BCUT2D eigenvalue weighted by atomic mass is 19.1. The van der Waals surface area contributed by atoms with Gasteiger partial charge >= 0.3 is 11.9 Å². The molecule has 0 spiro atoms. The maximum atomic E-state index is 13.0. The normalized spacial score (nSPS) is 15.9. The molecule has 0 radical (unpaired) electrons. The Morgan fingerprint density at radius 3 is 1.87 bits per heavy atom. The van der Waals surface area contributed by atoms with Crippen LogP contribution in [0, 0.1) is 5.82 Å². The van der Waals surface area contributed by atoms with Crippen LogP contribution in [-0.2, 0) is 22.7 Å². The van der Waals surface area contributed by atoms with Crippen LogP contribution in [0.2, 0.25) is 0 Å². The Kier molecular flexibility index (Phi) is 7.21. The Morgan fingerprint density at radius 1 is 0.800 bits per heavy atom. The van der Waals surface area contributed by atoms with Crippen LogP contribution in [-0.4, -0.2) is 64.9 Å². The molecule has 0 bridgehead atoms. The lowest BCUT2D eigenvalue weighted by atomic mass is 10.1. The van der Waals surface area contributed by atoms with Crippen molar-refractivity contribution in [3.63, 3.8) is 0 Å². The molecule has 2 aliphatic rings. The smallest absolute Gasteiger partial charge is 0.414 e. The Balaban J connectivity index is 0.000000377. The number of benzene rings is 2. The van der Waals surface area contributed by atoms with Crippen molar-refractivity contribution in [3.05, 3.63) is 59.4 Å². The first-order valence-electron chi connectivity index (χ1n) is 9.44. The summed E-state index contributed by atoms with van der Waals surface area (Å²) in [6, 6.07) is 13.0. The van der Waals surface area contributed by atoms with Crippen molar-refractivity contribution in [3.8, 4) is 11.5 Å². The third-order valence-corrected chi connectivity index (χ3v) is 4.81. The monoisotopic (exact) mass is 418 g/mol. The van der Waals surface area contributed by atoms with Crippen LogP contribution in [0.1, 0.15) is 11.1 Å². The van der Waals surface area contributed by atoms with E-state index in [0.29, 0.717) is 6.79 Å². The fraction of sp³-hybridized carbons (Fsp3) is 0.333. The van der Waals surface area contributed by atoms with Crippen molar-refractivity contribution in [1.82, 2.24) is 9.80 Å². The Labute approximate surface area is 173 Å². The molecule has 0 aromatic heterocycles. The third kappa shape index (κ3) is 6.16. The summed E-state index contributed by atoms with van der Waals surface area (Å²) >= 11 is 0. The predicted octanol–water partition coefficient (Wildman–Crippen LogP) is 2.03. The molecule has 2 aromatic rings. The lowest BCUT2D eigenvalue weighted by molar-refractivity contribution is -0.159. The zero-order valence-corrected chi connectivity index (χ0v) is 16.3. The van der Waals surface area contributed by atoms with Crippen molar-refractivity contribution in [1.29, 1.82) is 0 Å². The molecule has 2 heterocycles.